The molecule has 0 fully saturated rings. The average Bonchev–Trinajstić information content (AvgIpc) is 3.27. The van der Waals surface area contributed by atoms with Crippen molar-refractivity contribution in [3.8, 4) is 5.75 Å². The predicted octanol–water partition coefficient (Wildman–Crippen LogP) is 3.08. The lowest BCUT2D eigenvalue weighted by atomic mass is 9.69. The van der Waals surface area contributed by atoms with E-state index in [0.29, 0.717) is 29.2 Å². The Morgan fingerprint density at radius 3 is 2.73 bits per heavy atom. The normalized spacial score (nSPS) is 23.6. The lowest BCUT2D eigenvalue weighted by Crippen LogP contribution is -2.44. The van der Waals surface area contributed by atoms with Crippen molar-refractivity contribution in [2.75, 3.05) is 13.7 Å². The van der Waals surface area contributed by atoms with Crippen molar-refractivity contribution in [2.45, 2.75) is 31.6 Å². The van der Waals surface area contributed by atoms with E-state index in [9.17, 15) is 14.4 Å². The first-order valence-electron chi connectivity index (χ1n) is 9.94. The Bertz CT molecular complexity index is 1010. The van der Waals surface area contributed by atoms with Gasteiger partial charge in [0.25, 0.3) is 0 Å². The molecule has 1 aliphatic carbocycles. The summed E-state index contributed by atoms with van der Waals surface area (Å²) in [6, 6.07) is 10.8. The highest BCUT2D eigenvalue weighted by molar-refractivity contribution is 6.12. The van der Waals surface area contributed by atoms with Crippen LogP contribution in [0.5, 0.6) is 5.75 Å². The first-order chi connectivity index (χ1) is 14.5. The number of hydrogen-bond acceptors (Lipinski definition) is 6. The summed E-state index contributed by atoms with van der Waals surface area (Å²) >= 11 is 0. The number of amides is 1. The topological polar surface area (TPSA) is 94.8 Å². The van der Waals surface area contributed by atoms with Crippen LogP contribution in [0.1, 0.15) is 42.9 Å². The van der Waals surface area contributed by atoms with Gasteiger partial charge < -0.3 is 19.2 Å². The van der Waals surface area contributed by atoms with Gasteiger partial charge in [0.1, 0.15) is 17.4 Å². The Morgan fingerprint density at radius 2 is 2.03 bits per heavy atom. The number of rotatable bonds is 5. The Hall–Kier alpha value is -3.35. The van der Waals surface area contributed by atoms with Gasteiger partial charge in [0.15, 0.2) is 5.78 Å². The largest absolute Gasteiger partial charge is 0.497 e. The van der Waals surface area contributed by atoms with Crippen molar-refractivity contribution in [3.63, 3.8) is 0 Å². The molecular weight excluding hydrogens is 386 g/mol. The Morgan fingerprint density at radius 1 is 1.20 bits per heavy atom. The first kappa shape index (κ1) is 19.9. The molecule has 0 radical (unpaired) electrons. The van der Waals surface area contributed by atoms with Crippen LogP contribution < -0.4 is 10.1 Å². The number of esters is 1. The molecule has 0 spiro atoms. The van der Waals surface area contributed by atoms with E-state index in [4.69, 9.17) is 13.9 Å². The van der Waals surface area contributed by atoms with E-state index >= 15 is 0 Å². The van der Waals surface area contributed by atoms with Crippen LogP contribution in [0.4, 0.5) is 0 Å². The van der Waals surface area contributed by atoms with Gasteiger partial charge in [0, 0.05) is 29.5 Å². The highest BCUT2D eigenvalue weighted by Gasteiger charge is 2.48. The molecule has 2 heterocycles. The van der Waals surface area contributed by atoms with Crippen LogP contribution >= 0.6 is 0 Å². The maximum absolute atomic E-state index is 13.6. The molecule has 3 atom stereocenters. The number of ether oxygens (including phenoxy) is 2. The lowest BCUT2D eigenvalue weighted by Gasteiger charge is -2.37. The average molecular weight is 409 g/mol. The minimum absolute atomic E-state index is 0.124. The fourth-order valence-corrected chi connectivity index (χ4v) is 4.37. The number of allylic oxidation sites excluding steroid dienone is 2. The molecule has 7 heteroatoms. The number of furan rings is 1. The minimum atomic E-state index is -1.02. The molecule has 156 valence electrons. The van der Waals surface area contributed by atoms with Gasteiger partial charge in [-0.25, -0.2) is 0 Å². The highest BCUT2D eigenvalue weighted by atomic mass is 16.5. The maximum Gasteiger partial charge on any atom is 0.317 e. The number of carbonyl (C=O) groups is 3. The molecule has 1 aliphatic heterocycles. The van der Waals surface area contributed by atoms with Gasteiger partial charge in [-0.2, -0.15) is 0 Å². The summed E-state index contributed by atoms with van der Waals surface area (Å²) in [6.07, 6.45) is 1.94. The summed E-state index contributed by atoms with van der Waals surface area (Å²) in [4.78, 5) is 38.9. The fraction of sp³-hybridized carbons (Fsp3) is 0.348. The molecule has 7 nitrogen and oxygen atoms in total. The third kappa shape index (κ3) is 3.51. The van der Waals surface area contributed by atoms with Crippen molar-refractivity contribution in [2.24, 2.45) is 5.92 Å². The van der Waals surface area contributed by atoms with Crippen LogP contribution in [0, 0.1) is 5.92 Å². The predicted molar refractivity (Wildman–Crippen MR) is 107 cm³/mol. The Labute approximate surface area is 174 Å². The number of Topliss-reactive ketones (excluding diaryl/α,β-unsaturated/α-hetero) is 1. The third-order valence-electron chi connectivity index (χ3n) is 5.67. The smallest absolute Gasteiger partial charge is 0.317 e. The summed E-state index contributed by atoms with van der Waals surface area (Å²) in [6.45, 7) is 1.88. The van der Waals surface area contributed by atoms with E-state index in [2.05, 4.69) is 5.32 Å². The first-order valence-corrected chi connectivity index (χ1v) is 9.94. The number of carbonyl (C=O) groups excluding carboxylic acids is 3. The number of methoxy groups -OCH3 is 1. The van der Waals surface area contributed by atoms with Crippen molar-refractivity contribution >= 4 is 17.7 Å². The van der Waals surface area contributed by atoms with Crippen LogP contribution in [-0.2, 0) is 19.1 Å². The summed E-state index contributed by atoms with van der Waals surface area (Å²) in [5.41, 5.74) is 1.80. The van der Waals surface area contributed by atoms with Gasteiger partial charge in [-0.3, -0.25) is 14.4 Å². The van der Waals surface area contributed by atoms with Crippen molar-refractivity contribution < 1.29 is 28.3 Å². The van der Waals surface area contributed by atoms with Gasteiger partial charge in [0.05, 0.1) is 20.0 Å². The van der Waals surface area contributed by atoms with Crippen LogP contribution in [0.3, 0.4) is 0 Å². The third-order valence-corrected chi connectivity index (χ3v) is 5.67. The van der Waals surface area contributed by atoms with Gasteiger partial charge >= 0.3 is 5.97 Å². The van der Waals surface area contributed by atoms with Crippen LogP contribution in [0.2, 0.25) is 0 Å². The number of ketones is 1. The Balaban J connectivity index is 1.81. The molecule has 1 aromatic carbocycles. The van der Waals surface area contributed by atoms with E-state index in [0.717, 1.165) is 5.56 Å². The van der Waals surface area contributed by atoms with Crippen LogP contribution in [-0.4, -0.2) is 31.4 Å². The summed E-state index contributed by atoms with van der Waals surface area (Å²) in [7, 11) is 1.56. The monoisotopic (exact) mass is 409 g/mol. The minimum Gasteiger partial charge on any atom is -0.497 e. The molecule has 2 aliphatic rings. The quantitative estimate of drug-likeness (QED) is 0.602. The molecule has 0 saturated heterocycles. The number of nitrogens with one attached hydrogen (secondary N) is 1. The molecule has 1 N–H and O–H groups in total. The molecule has 4 rings (SSSR count). The number of hydrogen-bond donors (Lipinski definition) is 1. The van der Waals surface area contributed by atoms with E-state index in [1.165, 1.54) is 6.26 Å². The van der Waals surface area contributed by atoms with Gasteiger partial charge in [-0.15, -0.1) is 0 Å². The molecule has 30 heavy (non-hydrogen) atoms. The summed E-state index contributed by atoms with van der Waals surface area (Å²) in [5, 5.41) is 2.86. The molecule has 1 aromatic heterocycles. The lowest BCUT2D eigenvalue weighted by molar-refractivity contribution is -0.152. The van der Waals surface area contributed by atoms with Crippen molar-refractivity contribution in [3.05, 3.63) is 65.3 Å². The zero-order valence-electron chi connectivity index (χ0n) is 16.8. The maximum atomic E-state index is 13.6. The zero-order chi connectivity index (χ0) is 21.3. The van der Waals surface area contributed by atoms with Gasteiger partial charge in [-0.05, 0) is 43.2 Å². The second-order valence-corrected chi connectivity index (χ2v) is 7.39. The Kier molecular flexibility index (Phi) is 5.44. The zero-order valence-corrected chi connectivity index (χ0v) is 16.8. The fourth-order valence-electron chi connectivity index (χ4n) is 4.37. The van der Waals surface area contributed by atoms with Gasteiger partial charge in [-0.1, -0.05) is 12.1 Å². The van der Waals surface area contributed by atoms with E-state index in [-0.39, 0.29) is 24.7 Å². The molecule has 0 bridgehead atoms. The standard InChI is InChI=1S/C23H23NO6/c1-3-29-23(27)21-16(18-8-5-9-30-18)11-17-20(22(21)26)15(12-19(25)24-17)13-6-4-7-14(10-13)28-2/h4-10,15-16,21H,3,11-12H2,1-2H3,(H,24,25)/t15-,16-,21-/m0/s1. The van der Waals surface area contributed by atoms with E-state index in [1.54, 1.807) is 32.2 Å². The molecule has 0 unspecified atom stereocenters. The SMILES string of the molecule is CCOC(=O)[C@@H]1C(=O)C2=C(C[C@H]1c1ccco1)NC(=O)C[C@H]2c1cccc(OC)c1. The van der Waals surface area contributed by atoms with Gasteiger partial charge in [0.2, 0.25) is 5.91 Å². The van der Waals surface area contributed by atoms with Crippen LogP contribution in [0.25, 0.3) is 0 Å². The van der Waals surface area contributed by atoms with Crippen molar-refractivity contribution in [1.82, 2.24) is 5.32 Å². The van der Waals surface area contributed by atoms with Crippen LogP contribution in [0.15, 0.2) is 58.3 Å². The molecular formula is C23H23NO6. The second-order valence-electron chi connectivity index (χ2n) is 7.39. The van der Waals surface area contributed by atoms with E-state index < -0.39 is 23.7 Å². The number of benzene rings is 1. The van der Waals surface area contributed by atoms with Crippen molar-refractivity contribution in [1.29, 1.82) is 0 Å². The van der Waals surface area contributed by atoms with E-state index in [1.807, 2.05) is 18.2 Å². The molecule has 1 amide bonds. The molecule has 2 aromatic rings. The summed E-state index contributed by atoms with van der Waals surface area (Å²) in [5.74, 6) is -1.91. The second kappa shape index (κ2) is 8.18. The molecule has 0 saturated carbocycles. The summed E-state index contributed by atoms with van der Waals surface area (Å²) < 4.78 is 16.0. The highest BCUT2D eigenvalue weighted by Crippen LogP contribution is 2.46.